The van der Waals surface area contributed by atoms with Crippen molar-refractivity contribution in [3.05, 3.63) is 29.8 Å². The van der Waals surface area contributed by atoms with Crippen LogP contribution < -0.4 is 10.1 Å². The molecular formula is C16H23NO4. The van der Waals surface area contributed by atoms with Crippen molar-refractivity contribution in [3.63, 3.8) is 0 Å². The first-order valence-electron chi connectivity index (χ1n) is 7.05. The van der Waals surface area contributed by atoms with Gasteiger partial charge in [0.15, 0.2) is 6.10 Å². The van der Waals surface area contributed by atoms with Crippen molar-refractivity contribution < 1.29 is 19.1 Å². The predicted molar refractivity (Wildman–Crippen MR) is 80.1 cm³/mol. The van der Waals surface area contributed by atoms with Crippen molar-refractivity contribution in [2.45, 2.75) is 45.8 Å². The van der Waals surface area contributed by atoms with Gasteiger partial charge in [0, 0.05) is 12.5 Å². The second kappa shape index (κ2) is 8.29. The molecule has 1 atom stereocenters. The van der Waals surface area contributed by atoms with E-state index < -0.39 is 6.10 Å². The smallest absolute Gasteiger partial charge is 0.306 e. The average Bonchev–Trinajstić information content (AvgIpc) is 2.44. The third-order valence-corrected chi connectivity index (χ3v) is 2.89. The maximum Gasteiger partial charge on any atom is 0.306 e. The van der Waals surface area contributed by atoms with E-state index in [9.17, 15) is 9.59 Å². The van der Waals surface area contributed by atoms with Gasteiger partial charge in [-0.15, -0.1) is 0 Å². The Hall–Kier alpha value is -2.04. The van der Waals surface area contributed by atoms with E-state index in [1.54, 1.807) is 14.0 Å². The Morgan fingerprint density at radius 2 is 1.76 bits per heavy atom. The van der Waals surface area contributed by atoms with Crippen LogP contribution in [0.1, 0.15) is 32.8 Å². The van der Waals surface area contributed by atoms with Gasteiger partial charge in [-0.05, 0) is 44.9 Å². The van der Waals surface area contributed by atoms with Crippen LogP contribution in [-0.4, -0.2) is 31.1 Å². The van der Waals surface area contributed by atoms with Crippen molar-refractivity contribution in [1.29, 1.82) is 0 Å². The van der Waals surface area contributed by atoms with E-state index in [0.29, 0.717) is 6.42 Å². The summed E-state index contributed by atoms with van der Waals surface area (Å²) in [5, 5.41) is 2.70. The molecule has 1 amide bonds. The summed E-state index contributed by atoms with van der Waals surface area (Å²) < 4.78 is 10.2. The van der Waals surface area contributed by atoms with Crippen LogP contribution in [0.5, 0.6) is 5.75 Å². The number of benzene rings is 1. The zero-order chi connectivity index (χ0) is 15.8. The number of hydrogen-bond acceptors (Lipinski definition) is 4. The first-order valence-corrected chi connectivity index (χ1v) is 7.05. The molecule has 5 heteroatoms. The topological polar surface area (TPSA) is 64.6 Å². The van der Waals surface area contributed by atoms with E-state index in [1.165, 1.54) is 0 Å². The third kappa shape index (κ3) is 6.29. The zero-order valence-electron chi connectivity index (χ0n) is 13.0. The molecule has 0 aliphatic carbocycles. The Morgan fingerprint density at radius 3 is 2.29 bits per heavy atom. The van der Waals surface area contributed by atoms with Crippen molar-refractivity contribution in [2.24, 2.45) is 0 Å². The standard InChI is InChI=1S/C16H23NO4/c1-11(2)17-16(19)12(3)21-15(18)10-7-13-5-8-14(20-4)9-6-13/h5-6,8-9,11-12H,7,10H2,1-4H3,(H,17,19). The Balaban J connectivity index is 2.37. The Kier molecular flexibility index (Phi) is 6.72. The molecule has 1 unspecified atom stereocenters. The fraction of sp³-hybridized carbons (Fsp3) is 0.500. The number of methoxy groups -OCH3 is 1. The number of carbonyl (C=O) groups excluding carboxylic acids is 2. The van der Waals surface area contributed by atoms with E-state index in [0.717, 1.165) is 11.3 Å². The molecular weight excluding hydrogens is 270 g/mol. The molecule has 0 bridgehead atoms. The summed E-state index contributed by atoms with van der Waals surface area (Å²) in [5.41, 5.74) is 1.02. The number of aryl methyl sites for hydroxylation is 1. The highest BCUT2D eigenvalue weighted by atomic mass is 16.5. The van der Waals surface area contributed by atoms with Crippen LogP contribution in [0.3, 0.4) is 0 Å². The lowest BCUT2D eigenvalue weighted by Gasteiger charge is -2.15. The number of amides is 1. The van der Waals surface area contributed by atoms with Gasteiger partial charge < -0.3 is 14.8 Å². The molecule has 0 aliphatic rings. The molecule has 1 N–H and O–H groups in total. The minimum Gasteiger partial charge on any atom is -0.497 e. The van der Waals surface area contributed by atoms with Crippen LogP contribution >= 0.6 is 0 Å². The lowest BCUT2D eigenvalue weighted by molar-refractivity contribution is -0.154. The lowest BCUT2D eigenvalue weighted by Crippen LogP contribution is -2.39. The molecule has 5 nitrogen and oxygen atoms in total. The van der Waals surface area contributed by atoms with E-state index in [-0.39, 0.29) is 24.3 Å². The molecule has 116 valence electrons. The highest BCUT2D eigenvalue weighted by Crippen LogP contribution is 2.13. The highest BCUT2D eigenvalue weighted by Gasteiger charge is 2.18. The lowest BCUT2D eigenvalue weighted by atomic mass is 10.1. The van der Waals surface area contributed by atoms with Crippen LogP contribution in [0, 0.1) is 0 Å². The molecule has 0 fully saturated rings. The molecule has 0 aromatic heterocycles. The summed E-state index contributed by atoms with van der Waals surface area (Å²) in [4.78, 5) is 23.3. The number of ether oxygens (including phenoxy) is 2. The van der Waals surface area contributed by atoms with Crippen molar-refractivity contribution in [2.75, 3.05) is 7.11 Å². The first kappa shape index (κ1) is 17.0. The van der Waals surface area contributed by atoms with E-state index >= 15 is 0 Å². The second-order valence-electron chi connectivity index (χ2n) is 5.14. The molecule has 0 spiro atoms. The van der Waals surface area contributed by atoms with Crippen molar-refractivity contribution in [3.8, 4) is 5.75 Å². The largest absolute Gasteiger partial charge is 0.497 e. The van der Waals surface area contributed by atoms with Gasteiger partial charge in [-0.3, -0.25) is 9.59 Å². The Bertz CT molecular complexity index is 468. The van der Waals surface area contributed by atoms with Crippen LogP contribution in [-0.2, 0) is 20.7 Å². The Labute approximate surface area is 125 Å². The predicted octanol–water partition coefficient (Wildman–Crippen LogP) is 2.08. The van der Waals surface area contributed by atoms with Gasteiger partial charge in [0.1, 0.15) is 5.75 Å². The van der Waals surface area contributed by atoms with Gasteiger partial charge in [0.05, 0.1) is 7.11 Å². The van der Waals surface area contributed by atoms with Gasteiger partial charge in [-0.25, -0.2) is 0 Å². The number of rotatable bonds is 7. The molecule has 21 heavy (non-hydrogen) atoms. The summed E-state index contributed by atoms with van der Waals surface area (Å²) in [5.74, 6) is 0.125. The fourth-order valence-corrected chi connectivity index (χ4v) is 1.75. The van der Waals surface area contributed by atoms with Gasteiger partial charge in [-0.2, -0.15) is 0 Å². The molecule has 1 rings (SSSR count). The molecule has 0 radical (unpaired) electrons. The van der Waals surface area contributed by atoms with Crippen LogP contribution in [0.15, 0.2) is 24.3 Å². The quantitative estimate of drug-likeness (QED) is 0.782. The van der Waals surface area contributed by atoms with E-state index in [1.807, 2.05) is 38.1 Å². The summed E-state index contributed by atoms with van der Waals surface area (Å²) in [6.45, 7) is 5.29. The summed E-state index contributed by atoms with van der Waals surface area (Å²) in [7, 11) is 1.61. The van der Waals surface area contributed by atoms with Crippen LogP contribution in [0.2, 0.25) is 0 Å². The maximum absolute atomic E-state index is 11.7. The number of esters is 1. The van der Waals surface area contributed by atoms with E-state index in [4.69, 9.17) is 9.47 Å². The molecule has 0 saturated heterocycles. The van der Waals surface area contributed by atoms with Gasteiger partial charge in [0.25, 0.3) is 5.91 Å². The Morgan fingerprint density at radius 1 is 1.14 bits per heavy atom. The molecule has 0 saturated carbocycles. The molecule has 0 aliphatic heterocycles. The molecule has 0 heterocycles. The van der Waals surface area contributed by atoms with Crippen LogP contribution in [0.4, 0.5) is 0 Å². The minimum absolute atomic E-state index is 0.0259. The van der Waals surface area contributed by atoms with Crippen molar-refractivity contribution >= 4 is 11.9 Å². The second-order valence-corrected chi connectivity index (χ2v) is 5.14. The summed E-state index contributed by atoms with van der Waals surface area (Å²) in [6.07, 6.45) is 0.0447. The van der Waals surface area contributed by atoms with Gasteiger partial charge >= 0.3 is 5.97 Å². The minimum atomic E-state index is -0.768. The normalized spacial score (nSPS) is 11.9. The van der Waals surface area contributed by atoms with E-state index in [2.05, 4.69) is 5.32 Å². The SMILES string of the molecule is COc1ccc(CCC(=O)OC(C)C(=O)NC(C)C)cc1. The summed E-state index contributed by atoms with van der Waals surface area (Å²) >= 11 is 0. The average molecular weight is 293 g/mol. The fourth-order valence-electron chi connectivity index (χ4n) is 1.75. The number of carbonyl (C=O) groups is 2. The molecule has 1 aromatic rings. The zero-order valence-corrected chi connectivity index (χ0v) is 13.0. The summed E-state index contributed by atoms with van der Waals surface area (Å²) in [6, 6.07) is 7.53. The highest BCUT2D eigenvalue weighted by molar-refractivity contribution is 5.83. The van der Waals surface area contributed by atoms with Gasteiger partial charge in [0.2, 0.25) is 0 Å². The van der Waals surface area contributed by atoms with Crippen molar-refractivity contribution in [1.82, 2.24) is 5.32 Å². The third-order valence-electron chi connectivity index (χ3n) is 2.89. The maximum atomic E-state index is 11.7. The monoisotopic (exact) mass is 293 g/mol. The van der Waals surface area contributed by atoms with Crippen LogP contribution in [0.25, 0.3) is 0 Å². The number of nitrogens with one attached hydrogen (secondary N) is 1. The number of hydrogen-bond donors (Lipinski definition) is 1. The molecule has 1 aromatic carbocycles. The van der Waals surface area contributed by atoms with Gasteiger partial charge in [-0.1, -0.05) is 12.1 Å². The first-order chi connectivity index (χ1) is 9.92.